The van der Waals surface area contributed by atoms with Crippen LogP contribution in [0.4, 0.5) is 0 Å². The van der Waals surface area contributed by atoms with E-state index in [1.165, 1.54) is 0 Å². The predicted molar refractivity (Wildman–Crippen MR) is 67.5 cm³/mol. The summed E-state index contributed by atoms with van der Waals surface area (Å²) in [7, 11) is 0. The average molecular weight is 234 g/mol. The number of ketones is 2. The molecule has 0 unspecified atom stereocenters. The molecule has 17 heavy (non-hydrogen) atoms. The zero-order valence-corrected chi connectivity index (χ0v) is 11.0. The highest BCUT2D eigenvalue weighted by molar-refractivity contribution is 6.06. The van der Waals surface area contributed by atoms with Crippen molar-refractivity contribution in [2.75, 3.05) is 0 Å². The molecule has 2 nitrogen and oxygen atoms in total. The number of carbonyl (C=O) groups excluding carboxylic acids is 2. The van der Waals surface area contributed by atoms with Gasteiger partial charge in [0.25, 0.3) is 0 Å². The molecule has 2 heteroatoms. The fourth-order valence-electron chi connectivity index (χ4n) is 3.75. The first-order chi connectivity index (χ1) is 7.89. The first-order valence-electron chi connectivity index (χ1n) is 6.57. The van der Waals surface area contributed by atoms with E-state index in [1.54, 1.807) is 0 Å². The third kappa shape index (κ3) is 1.88. The van der Waals surface area contributed by atoms with Gasteiger partial charge in [0, 0.05) is 12.8 Å². The summed E-state index contributed by atoms with van der Waals surface area (Å²) in [4.78, 5) is 24.4. The Hall–Kier alpha value is -0.920. The second-order valence-electron chi connectivity index (χ2n) is 6.40. The van der Waals surface area contributed by atoms with E-state index in [9.17, 15) is 9.59 Å². The van der Waals surface area contributed by atoms with Crippen LogP contribution in [0.3, 0.4) is 0 Å². The highest BCUT2D eigenvalue weighted by atomic mass is 16.2. The molecule has 0 aromatic heterocycles. The van der Waals surface area contributed by atoms with Crippen molar-refractivity contribution in [3.63, 3.8) is 0 Å². The molecule has 0 heterocycles. The molecule has 0 spiro atoms. The lowest BCUT2D eigenvalue weighted by Crippen LogP contribution is -2.40. The van der Waals surface area contributed by atoms with Crippen LogP contribution in [0.15, 0.2) is 12.7 Å². The summed E-state index contributed by atoms with van der Waals surface area (Å²) >= 11 is 0. The normalized spacial score (nSPS) is 41.8. The lowest BCUT2D eigenvalue weighted by atomic mass is 9.66. The number of carbonyl (C=O) groups is 2. The summed E-state index contributed by atoms with van der Waals surface area (Å²) in [6, 6.07) is 0. The van der Waals surface area contributed by atoms with Gasteiger partial charge in [-0.05, 0) is 29.6 Å². The fourth-order valence-corrected chi connectivity index (χ4v) is 3.75. The third-order valence-electron chi connectivity index (χ3n) is 4.84. The van der Waals surface area contributed by atoms with E-state index < -0.39 is 0 Å². The number of rotatable bonds is 2. The van der Waals surface area contributed by atoms with Gasteiger partial charge in [-0.3, -0.25) is 9.59 Å². The Morgan fingerprint density at radius 3 is 2.24 bits per heavy atom. The molecule has 3 fully saturated rings. The van der Waals surface area contributed by atoms with Crippen LogP contribution in [0, 0.1) is 29.1 Å². The summed E-state index contributed by atoms with van der Waals surface area (Å²) in [5.41, 5.74) is -0.171. The van der Waals surface area contributed by atoms with Crippen molar-refractivity contribution in [2.24, 2.45) is 29.1 Å². The fraction of sp³-hybridized carbons (Fsp3) is 0.733. The summed E-state index contributed by atoms with van der Waals surface area (Å²) in [6.07, 6.45) is 4.02. The number of allylic oxidation sites excluding steroid dienone is 1. The van der Waals surface area contributed by atoms with E-state index in [4.69, 9.17) is 0 Å². The molecule has 94 valence electrons. The van der Waals surface area contributed by atoms with Gasteiger partial charge in [0.05, 0.1) is 5.92 Å². The van der Waals surface area contributed by atoms with Crippen molar-refractivity contribution in [2.45, 2.75) is 40.0 Å². The maximum absolute atomic E-state index is 12.2. The quantitative estimate of drug-likeness (QED) is 0.543. The van der Waals surface area contributed by atoms with Crippen molar-refractivity contribution >= 4 is 11.6 Å². The summed E-state index contributed by atoms with van der Waals surface area (Å²) in [6.45, 7) is 10.2. The maximum atomic E-state index is 12.2. The largest absolute Gasteiger partial charge is 0.299 e. The Labute approximate surface area is 103 Å². The molecule has 0 N–H and O–H groups in total. The highest BCUT2D eigenvalue weighted by Crippen LogP contribution is 2.51. The minimum absolute atomic E-state index is 0.171. The third-order valence-corrected chi connectivity index (χ3v) is 4.84. The van der Waals surface area contributed by atoms with Crippen LogP contribution in [0.2, 0.25) is 0 Å². The molecule has 3 aliphatic rings. The Morgan fingerprint density at radius 2 is 1.82 bits per heavy atom. The monoisotopic (exact) mass is 234 g/mol. The van der Waals surface area contributed by atoms with Crippen LogP contribution < -0.4 is 0 Å². The molecule has 3 rings (SSSR count). The van der Waals surface area contributed by atoms with Gasteiger partial charge in [0.1, 0.15) is 11.6 Å². The van der Waals surface area contributed by atoms with Gasteiger partial charge in [-0.25, -0.2) is 0 Å². The molecule has 2 atom stereocenters. The van der Waals surface area contributed by atoms with Crippen molar-refractivity contribution in [3.05, 3.63) is 12.7 Å². The summed E-state index contributed by atoms with van der Waals surface area (Å²) < 4.78 is 0. The van der Waals surface area contributed by atoms with Crippen molar-refractivity contribution in [1.29, 1.82) is 0 Å². The Bertz CT molecular complexity index is 349. The van der Waals surface area contributed by atoms with Crippen LogP contribution in [-0.4, -0.2) is 11.6 Å². The molecule has 0 aromatic rings. The average Bonchev–Trinajstić information content (AvgIpc) is 2.37. The molecule has 0 aliphatic heterocycles. The molecule has 0 radical (unpaired) electrons. The second kappa shape index (κ2) is 4.08. The lowest BCUT2D eigenvalue weighted by Gasteiger charge is -2.35. The smallest absolute Gasteiger partial charge is 0.144 e. The molecule has 0 aromatic carbocycles. The molecule has 0 saturated heterocycles. The van der Waals surface area contributed by atoms with E-state index in [1.807, 2.05) is 6.08 Å². The molecule has 2 bridgehead atoms. The minimum Gasteiger partial charge on any atom is -0.299 e. The van der Waals surface area contributed by atoms with Crippen LogP contribution in [0.5, 0.6) is 0 Å². The zero-order valence-electron chi connectivity index (χ0n) is 11.0. The Balaban J connectivity index is 2.46. The number of Topliss-reactive ketones (excluding diaryl/α,β-unsaturated/α-hetero) is 2. The maximum Gasteiger partial charge on any atom is 0.144 e. The van der Waals surface area contributed by atoms with Gasteiger partial charge in [0.15, 0.2) is 0 Å². The predicted octanol–water partition coefficient (Wildman–Crippen LogP) is 3.02. The summed E-state index contributed by atoms with van der Waals surface area (Å²) in [5.74, 6) is 0.917. The first-order valence-corrected chi connectivity index (χ1v) is 6.57. The lowest BCUT2D eigenvalue weighted by molar-refractivity contribution is -0.141. The van der Waals surface area contributed by atoms with Crippen molar-refractivity contribution in [1.82, 2.24) is 0 Å². The van der Waals surface area contributed by atoms with Crippen molar-refractivity contribution in [3.8, 4) is 0 Å². The topological polar surface area (TPSA) is 34.1 Å². The highest BCUT2D eigenvalue weighted by Gasteiger charge is 2.52. The zero-order chi connectivity index (χ0) is 12.8. The van der Waals surface area contributed by atoms with E-state index in [0.29, 0.717) is 24.7 Å². The van der Waals surface area contributed by atoms with Crippen LogP contribution in [0.1, 0.15) is 40.0 Å². The minimum atomic E-state index is -0.326. The van der Waals surface area contributed by atoms with Gasteiger partial charge >= 0.3 is 0 Å². The molecule has 3 aliphatic carbocycles. The van der Waals surface area contributed by atoms with Gasteiger partial charge in [-0.2, -0.15) is 0 Å². The SMILES string of the molecule is C=C[C@@H]1C[C@@H](C(C)C)C2C(=O)CC1(C)CC2=O. The molecule has 3 saturated carbocycles. The van der Waals surface area contributed by atoms with Crippen LogP contribution in [0.25, 0.3) is 0 Å². The van der Waals surface area contributed by atoms with Gasteiger partial charge in [-0.1, -0.05) is 26.8 Å². The second-order valence-corrected chi connectivity index (χ2v) is 6.40. The van der Waals surface area contributed by atoms with E-state index in [2.05, 4.69) is 27.4 Å². The standard InChI is InChI=1S/C15H22O2/c1-5-10-6-11(9(2)3)14-12(16)7-15(10,4)8-13(14)17/h5,9-11,14H,1,6-8H2,2-4H3/t10-,11+,14?,15?/m1/s1. The van der Waals surface area contributed by atoms with Gasteiger partial charge < -0.3 is 0 Å². The molecular weight excluding hydrogens is 212 g/mol. The van der Waals surface area contributed by atoms with Gasteiger partial charge in [-0.15, -0.1) is 6.58 Å². The van der Waals surface area contributed by atoms with Crippen LogP contribution in [-0.2, 0) is 9.59 Å². The van der Waals surface area contributed by atoms with E-state index in [0.717, 1.165) is 6.42 Å². The Kier molecular flexibility index (Phi) is 3.01. The van der Waals surface area contributed by atoms with Crippen molar-refractivity contribution < 1.29 is 9.59 Å². The number of hydrogen-bond acceptors (Lipinski definition) is 2. The van der Waals surface area contributed by atoms with Gasteiger partial charge in [0.2, 0.25) is 0 Å². The van der Waals surface area contributed by atoms with Crippen LogP contribution >= 0.6 is 0 Å². The molecular formula is C15H22O2. The van der Waals surface area contributed by atoms with E-state index in [-0.39, 0.29) is 28.8 Å². The summed E-state index contributed by atoms with van der Waals surface area (Å²) in [5, 5.41) is 0. The Morgan fingerprint density at radius 1 is 1.29 bits per heavy atom. The number of hydrogen-bond donors (Lipinski definition) is 0. The number of fused-ring (bicyclic) bond motifs is 4. The molecule has 0 amide bonds. The first kappa shape index (κ1) is 12.5. The van der Waals surface area contributed by atoms with E-state index >= 15 is 0 Å².